The predicted molar refractivity (Wildman–Crippen MR) is 125 cm³/mol. The number of nitrogens with one attached hydrogen (secondary N) is 2. The van der Waals surface area contributed by atoms with E-state index in [-0.39, 0.29) is 17.6 Å². The molecule has 1 fully saturated rings. The first-order valence-electron chi connectivity index (χ1n) is 10.6. The Morgan fingerprint density at radius 1 is 1.06 bits per heavy atom. The zero-order chi connectivity index (χ0) is 23.0. The second kappa shape index (κ2) is 8.40. The number of hydrogen-bond acceptors (Lipinski definition) is 7. The van der Waals surface area contributed by atoms with Crippen LogP contribution in [0.3, 0.4) is 0 Å². The van der Waals surface area contributed by atoms with Gasteiger partial charge in [0.05, 0.1) is 10.5 Å². The van der Waals surface area contributed by atoms with E-state index in [9.17, 15) is 13.2 Å². The molecule has 0 unspecified atom stereocenters. The van der Waals surface area contributed by atoms with Crippen molar-refractivity contribution >= 4 is 27.2 Å². The van der Waals surface area contributed by atoms with Crippen LogP contribution in [-0.2, 0) is 9.84 Å². The molecule has 1 aromatic heterocycles. The molecule has 2 N–H and O–H groups in total. The largest absolute Gasteiger partial charge is 0.454 e. The number of hydrogen-bond donors (Lipinski definition) is 2. The number of pyridine rings is 1. The minimum absolute atomic E-state index is 0.153. The Bertz CT molecular complexity index is 1340. The topological polar surface area (TPSA) is 107 Å². The summed E-state index contributed by atoms with van der Waals surface area (Å²) in [5, 5.41) is 6.18. The summed E-state index contributed by atoms with van der Waals surface area (Å²) >= 11 is 0. The van der Waals surface area contributed by atoms with Crippen molar-refractivity contribution in [2.75, 3.05) is 30.2 Å². The number of fused-ring (bicyclic) bond motifs is 1. The number of anilines is 2. The highest BCUT2D eigenvalue weighted by molar-refractivity contribution is 7.90. The van der Waals surface area contributed by atoms with E-state index in [2.05, 4.69) is 15.6 Å². The van der Waals surface area contributed by atoms with Crippen molar-refractivity contribution in [2.45, 2.75) is 17.7 Å². The van der Waals surface area contributed by atoms with Crippen LogP contribution in [0.4, 0.5) is 11.5 Å². The normalized spacial score (nSPS) is 14.7. The van der Waals surface area contributed by atoms with E-state index >= 15 is 0 Å². The second-order valence-electron chi connectivity index (χ2n) is 8.27. The molecule has 0 bridgehead atoms. The number of sulfone groups is 1. The van der Waals surface area contributed by atoms with Crippen LogP contribution in [0.1, 0.15) is 23.2 Å². The number of nitrogens with zero attached hydrogens (tertiary/aromatic N) is 1. The summed E-state index contributed by atoms with van der Waals surface area (Å²) in [5.74, 6) is 1.96. The van der Waals surface area contributed by atoms with E-state index in [0.717, 1.165) is 6.54 Å². The van der Waals surface area contributed by atoms with Crippen molar-refractivity contribution in [1.29, 1.82) is 0 Å². The fourth-order valence-corrected chi connectivity index (χ4v) is 4.25. The molecule has 5 rings (SSSR count). The SMILES string of the molecule is CS(=O)(=O)c1cccc(-c2cnc(NCC3CC3)c(C(=O)Nc3ccc4c(c3)OCO4)c2)c1. The smallest absolute Gasteiger partial charge is 0.259 e. The van der Waals surface area contributed by atoms with E-state index in [1.807, 2.05) is 0 Å². The molecule has 1 aliphatic carbocycles. The first-order valence-corrected chi connectivity index (χ1v) is 12.5. The monoisotopic (exact) mass is 465 g/mol. The summed E-state index contributed by atoms with van der Waals surface area (Å²) in [7, 11) is -3.36. The summed E-state index contributed by atoms with van der Waals surface area (Å²) in [6, 6.07) is 13.5. The maximum atomic E-state index is 13.2. The summed E-state index contributed by atoms with van der Waals surface area (Å²) in [5.41, 5.74) is 2.25. The van der Waals surface area contributed by atoms with E-state index < -0.39 is 9.84 Å². The lowest BCUT2D eigenvalue weighted by Gasteiger charge is -2.14. The Morgan fingerprint density at radius 2 is 1.88 bits per heavy atom. The van der Waals surface area contributed by atoms with Crippen molar-refractivity contribution in [3.8, 4) is 22.6 Å². The van der Waals surface area contributed by atoms with Gasteiger partial charge in [-0.15, -0.1) is 0 Å². The molecular weight excluding hydrogens is 442 g/mol. The first kappa shape index (κ1) is 21.3. The first-order chi connectivity index (χ1) is 15.9. The molecule has 0 spiro atoms. The number of benzene rings is 2. The fraction of sp³-hybridized carbons (Fsp3) is 0.250. The Kier molecular flexibility index (Phi) is 5.41. The van der Waals surface area contributed by atoms with Gasteiger partial charge in [0.25, 0.3) is 5.91 Å². The van der Waals surface area contributed by atoms with Gasteiger partial charge in [-0.05, 0) is 54.7 Å². The van der Waals surface area contributed by atoms with Crippen LogP contribution < -0.4 is 20.1 Å². The van der Waals surface area contributed by atoms with Gasteiger partial charge in [-0.2, -0.15) is 0 Å². The number of aromatic nitrogens is 1. The standard InChI is InChI=1S/C24H23N3O5S/c1-33(29,30)19-4-2-3-16(9-19)17-10-20(23(26-13-17)25-12-15-5-6-15)24(28)27-18-7-8-21-22(11-18)32-14-31-21/h2-4,7-11,13,15H,5-6,12,14H2,1H3,(H,25,26)(H,27,28). The average Bonchev–Trinajstić information content (AvgIpc) is 3.52. The predicted octanol–water partition coefficient (Wildman–Crippen LogP) is 3.96. The van der Waals surface area contributed by atoms with E-state index in [0.29, 0.717) is 45.6 Å². The molecule has 3 aromatic rings. The molecule has 2 heterocycles. The molecule has 9 heteroatoms. The van der Waals surface area contributed by atoms with Gasteiger partial charge < -0.3 is 20.1 Å². The molecule has 170 valence electrons. The summed E-state index contributed by atoms with van der Waals surface area (Å²) in [4.78, 5) is 18.0. The highest BCUT2D eigenvalue weighted by Gasteiger charge is 2.23. The number of ether oxygens (including phenoxy) is 2. The van der Waals surface area contributed by atoms with E-state index in [1.165, 1.54) is 19.1 Å². The number of carbonyl (C=O) groups is 1. The van der Waals surface area contributed by atoms with Crippen molar-refractivity contribution in [2.24, 2.45) is 5.92 Å². The minimum atomic E-state index is -3.36. The van der Waals surface area contributed by atoms with Gasteiger partial charge >= 0.3 is 0 Å². The molecule has 1 saturated carbocycles. The fourth-order valence-electron chi connectivity index (χ4n) is 3.58. The molecule has 0 atom stereocenters. The Balaban J connectivity index is 1.47. The second-order valence-corrected chi connectivity index (χ2v) is 10.3. The number of carbonyl (C=O) groups excluding carboxylic acids is 1. The van der Waals surface area contributed by atoms with Crippen LogP contribution in [0.5, 0.6) is 11.5 Å². The van der Waals surface area contributed by atoms with Gasteiger partial charge in [-0.1, -0.05) is 12.1 Å². The van der Waals surface area contributed by atoms with Crippen LogP contribution >= 0.6 is 0 Å². The minimum Gasteiger partial charge on any atom is -0.454 e. The molecule has 0 saturated heterocycles. The third-order valence-corrected chi connectivity index (χ3v) is 6.72. The van der Waals surface area contributed by atoms with Crippen molar-refractivity contribution < 1.29 is 22.7 Å². The third-order valence-electron chi connectivity index (χ3n) is 5.61. The van der Waals surface area contributed by atoms with Gasteiger partial charge in [0.1, 0.15) is 5.82 Å². The molecule has 33 heavy (non-hydrogen) atoms. The lowest BCUT2D eigenvalue weighted by atomic mass is 10.0. The molecular formula is C24H23N3O5S. The highest BCUT2D eigenvalue weighted by Crippen LogP contribution is 2.35. The van der Waals surface area contributed by atoms with Crippen LogP contribution in [0.15, 0.2) is 59.6 Å². The molecule has 8 nitrogen and oxygen atoms in total. The quantitative estimate of drug-likeness (QED) is 0.544. The Labute approximate surface area is 191 Å². The van der Waals surface area contributed by atoms with Crippen LogP contribution in [0.2, 0.25) is 0 Å². The highest BCUT2D eigenvalue weighted by atomic mass is 32.2. The molecule has 0 radical (unpaired) electrons. The van der Waals surface area contributed by atoms with E-state index in [1.54, 1.807) is 54.7 Å². The number of rotatable bonds is 7. The van der Waals surface area contributed by atoms with Crippen LogP contribution in [0, 0.1) is 5.92 Å². The summed E-state index contributed by atoms with van der Waals surface area (Å²) in [6.45, 7) is 0.903. The average molecular weight is 466 g/mol. The zero-order valence-electron chi connectivity index (χ0n) is 18.0. The van der Waals surface area contributed by atoms with Gasteiger partial charge in [0, 0.05) is 36.3 Å². The van der Waals surface area contributed by atoms with Crippen molar-refractivity contribution in [1.82, 2.24) is 4.98 Å². The van der Waals surface area contributed by atoms with Crippen molar-refractivity contribution in [3.05, 3.63) is 60.3 Å². The van der Waals surface area contributed by atoms with Crippen LogP contribution in [-0.4, -0.2) is 38.9 Å². The van der Waals surface area contributed by atoms with Gasteiger partial charge in [-0.3, -0.25) is 4.79 Å². The Morgan fingerprint density at radius 3 is 2.67 bits per heavy atom. The molecule has 2 aromatic carbocycles. The van der Waals surface area contributed by atoms with E-state index in [4.69, 9.17) is 9.47 Å². The lowest BCUT2D eigenvalue weighted by Crippen LogP contribution is -2.17. The third kappa shape index (κ3) is 4.78. The Hall–Kier alpha value is -3.59. The van der Waals surface area contributed by atoms with Crippen molar-refractivity contribution in [3.63, 3.8) is 0 Å². The maximum absolute atomic E-state index is 13.2. The zero-order valence-corrected chi connectivity index (χ0v) is 18.8. The molecule has 1 aliphatic heterocycles. The van der Waals surface area contributed by atoms with Gasteiger partial charge in [0.2, 0.25) is 6.79 Å². The molecule has 2 aliphatic rings. The maximum Gasteiger partial charge on any atom is 0.259 e. The van der Waals surface area contributed by atoms with Gasteiger partial charge in [0.15, 0.2) is 21.3 Å². The van der Waals surface area contributed by atoms with Gasteiger partial charge in [-0.25, -0.2) is 13.4 Å². The molecule has 1 amide bonds. The lowest BCUT2D eigenvalue weighted by molar-refractivity contribution is 0.102. The van der Waals surface area contributed by atoms with Crippen LogP contribution in [0.25, 0.3) is 11.1 Å². The summed E-state index contributed by atoms with van der Waals surface area (Å²) in [6.07, 6.45) is 5.15. The number of amides is 1. The summed E-state index contributed by atoms with van der Waals surface area (Å²) < 4.78 is 34.7.